The molecule has 0 N–H and O–H groups in total. The zero-order chi connectivity index (χ0) is 19.6. The minimum Gasteiger partial charge on any atom is -0.316 e. The van der Waals surface area contributed by atoms with Crippen molar-refractivity contribution in [3.63, 3.8) is 0 Å². The van der Waals surface area contributed by atoms with Crippen LogP contribution in [0.3, 0.4) is 0 Å². The topological polar surface area (TPSA) is 52.6 Å². The molecule has 0 aliphatic rings. The second-order valence-corrected chi connectivity index (χ2v) is 5.79. The summed E-state index contributed by atoms with van der Waals surface area (Å²) in [5.74, 6) is -13.4. The quantitative estimate of drug-likeness (QED) is 0.254. The normalized spacial score (nSPS) is 16.3. The Labute approximate surface area is 128 Å². The zero-order valence-electron chi connectivity index (χ0n) is 11.5. The van der Waals surface area contributed by atoms with Gasteiger partial charge >= 0.3 is 33.6 Å². The molecular weight excluding hydrogens is 394 g/mol. The summed E-state index contributed by atoms with van der Waals surface area (Å²) < 4.78 is 153. The first-order chi connectivity index (χ1) is 10.4. The predicted octanol–water partition coefficient (Wildman–Crippen LogP) is 3.83. The highest BCUT2D eigenvalue weighted by molar-refractivity contribution is 7.87. The van der Waals surface area contributed by atoms with Crippen molar-refractivity contribution in [2.24, 2.45) is 0 Å². The number of rotatable bonds is 9. The Morgan fingerprint density at radius 2 is 1.42 bits per heavy atom. The van der Waals surface area contributed by atoms with E-state index in [-0.39, 0.29) is 12.8 Å². The first-order valence-corrected chi connectivity index (χ1v) is 7.26. The van der Waals surface area contributed by atoms with Gasteiger partial charge in [0, 0.05) is 0 Å². The van der Waals surface area contributed by atoms with E-state index in [1.54, 1.807) is 0 Å². The molecule has 0 amide bonds. The second-order valence-electron chi connectivity index (χ2n) is 4.23. The van der Waals surface area contributed by atoms with Gasteiger partial charge in [0.15, 0.2) is 0 Å². The third-order valence-electron chi connectivity index (χ3n) is 2.35. The van der Waals surface area contributed by atoms with Crippen molar-refractivity contribution in [1.29, 1.82) is 0 Å². The molecule has 0 aromatic rings. The van der Waals surface area contributed by atoms with Gasteiger partial charge in [0.1, 0.15) is 0 Å². The minimum absolute atomic E-state index is 0.122. The Morgan fingerprint density at radius 1 is 0.958 bits per heavy atom. The van der Waals surface area contributed by atoms with Gasteiger partial charge in [-0.15, -0.1) is 0 Å². The molecule has 0 aromatic heterocycles. The molecule has 0 fully saturated rings. The smallest absolute Gasteiger partial charge is 0.316 e. The van der Waals surface area contributed by atoms with E-state index in [4.69, 9.17) is 0 Å². The van der Waals surface area contributed by atoms with Gasteiger partial charge in [-0.05, 0) is 6.42 Å². The minimum atomic E-state index is -7.08. The molecule has 15 heteroatoms. The van der Waals surface area contributed by atoms with Crippen LogP contribution < -0.4 is 0 Å². The SMILES string of the molecule is CCCCOC(F)(F)C(F)(F)C(F)(F)C(F)OS(=O)(=O)C(F)(F)F. The molecule has 0 aliphatic heterocycles. The van der Waals surface area contributed by atoms with Crippen LogP contribution in [0.25, 0.3) is 0 Å². The summed E-state index contributed by atoms with van der Waals surface area (Å²) in [6.45, 7) is 0.232. The molecule has 0 spiro atoms. The molecule has 0 heterocycles. The van der Waals surface area contributed by atoms with Gasteiger partial charge in [-0.2, -0.15) is 47.9 Å². The van der Waals surface area contributed by atoms with Crippen LogP contribution in [-0.4, -0.2) is 44.8 Å². The van der Waals surface area contributed by atoms with Gasteiger partial charge in [-0.1, -0.05) is 13.3 Å². The van der Waals surface area contributed by atoms with Crippen LogP contribution in [-0.2, 0) is 19.0 Å². The lowest BCUT2D eigenvalue weighted by molar-refractivity contribution is -0.415. The Morgan fingerprint density at radius 3 is 1.79 bits per heavy atom. The fraction of sp³-hybridized carbons (Fsp3) is 1.00. The van der Waals surface area contributed by atoms with E-state index in [0.29, 0.717) is 0 Å². The van der Waals surface area contributed by atoms with Crippen LogP contribution in [0.5, 0.6) is 0 Å². The van der Waals surface area contributed by atoms with Crippen molar-refractivity contribution in [2.75, 3.05) is 6.61 Å². The molecule has 0 saturated carbocycles. The highest BCUT2D eigenvalue weighted by Gasteiger charge is 2.77. The van der Waals surface area contributed by atoms with E-state index >= 15 is 0 Å². The lowest BCUT2D eigenvalue weighted by Crippen LogP contribution is -2.60. The van der Waals surface area contributed by atoms with Gasteiger partial charge in [0.2, 0.25) is 0 Å². The molecule has 0 radical (unpaired) electrons. The van der Waals surface area contributed by atoms with Crippen LogP contribution in [0, 0.1) is 0 Å². The van der Waals surface area contributed by atoms with E-state index in [1.165, 1.54) is 6.92 Å². The molecule has 0 saturated heterocycles. The third kappa shape index (κ3) is 4.62. The first kappa shape index (κ1) is 23.2. The Hall–Kier alpha value is -0.830. The molecule has 1 unspecified atom stereocenters. The maximum atomic E-state index is 13.1. The van der Waals surface area contributed by atoms with Crippen molar-refractivity contribution >= 4 is 10.1 Å². The number of ether oxygens (including phenoxy) is 1. The number of unbranched alkanes of at least 4 members (excludes halogenated alkanes) is 1. The lowest BCUT2D eigenvalue weighted by atomic mass is 10.1. The summed E-state index contributed by atoms with van der Waals surface area (Å²) in [5.41, 5.74) is -6.44. The first-order valence-electron chi connectivity index (χ1n) is 5.85. The van der Waals surface area contributed by atoms with E-state index in [2.05, 4.69) is 8.92 Å². The summed E-state index contributed by atoms with van der Waals surface area (Å²) in [4.78, 5) is 0. The van der Waals surface area contributed by atoms with E-state index in [9.17, 15) is 52.3 Å². The van der Waals surface area contributed by atoms with Crippen LogP contribution >= 0.6 is 0 Å². The third-order valence-corrected chi connectivity index (χ3v) is 3.33. The average molecular weight is 404 g/mol. The average Bonchev–Trinajstić information content (AvgIpc) is 2.36. The summed E-state index contributed by atoms with van der Waals surface area (Å²) in [7, 11) is -7.08. The molecular formula is C9H10F10O4S. The standard InChI is InChI=1S/C9H10F10O4S/c1-2-3-4-22-8(15,16)7(13,14)6(11,12)5(10)23-24(20,21)9(17,18)19/h5H,2-4H2,1H3. The number of hydrogen-bond acceptors (Lipinski definition) is 4. The summed E-state index contributed by atoms with van der Waals surface area (Å²) >= 11 is 0. The molecule has 24 heavy (non-hydrogen) atoms. The van der Waals surface area contributed by atoms with Crippen molar-refractivity contribution in [3.8, 4) is 0 Å². The zero-order valence-corrected chi connectivity index (χ0v) is 12.3. The maximum Gasteiger partial charge on any atom is 0.523 e. The van der Waals surface area contributed by atoms with Gasteiger partial charge in [0.05, 0.1) is 6.61 Å². The molecule has 146 valence electrons. The number of halogens is 10. The summed E-state index contributed by atoms with van der Waals surface area (Å²) in [6.07, 6.45) is -11.4. The molecule has 4 nitrogen and oxygen atoms in total. The fourth-order valence-corrected chi connectivity index (χ4v) is 1.45. The van der Waals surface area contributed by atoms with Crippen molar-refractivity contribution in [2.45, 2.75) is 49.6 Å². The van der Waals surface area contributed by atoms with Gasteiger partial charge < -0.3 is 4.74 Å². The highest BCUT2D eigenvalue weighted by atomic mass is 32.2. The second kappa shape index (κ2) is 7.19. The molecule has 1 atom stereocenters. The Bertz CT molecular complexity index is 515. The van der Waals surface area contributed by atoms with Crippen LogP contribution in [0.15, 0.2) is 0 Å². The van der Waals surface area contributed by atoms with E-state index < -0.39 is 46.5 Å². The van der Waals surface area contributed by atoms with E-state index in [1.807, 2.05) is 0 Å². The maximum absolute atomic E-state index is 13.1. The summed E-state index contributed by atoms with van der Waals surface area (Å²) in [6, 6.07) is 0. The molecule has 0 aromatic carbocycles. The van der Waals surface area contributed by atoms with Gasteiger partial charge in [-0.3, -0.25) is 0 Å². The highest BCUT2D eigenvalue weighted by Crippen LogP contribution is 2.49. The molecule has 0 bridgehead atoms. The monoisotopic (exact) mass is 404 g/mol. The van der Waals surface area contributed by atoms with Gasteiger partial charge in [-0.25, -0.2) is 8.57 Å². The van der Waals surface area contributed by atoms with Crippen LogP contribution in [0.1, 0.15) is 19.8 Å². The predicted molar refractivity (Wildman–Crippen MR) is 56.7 cm³/mol. The summed E-state index contributed by atoms with van der Waals surface area (Å²) in [5, 5.41) is 0. The number of alkyl halides is 10. The van der Waals surface area contributed by atoms with Gasteiger partial charge in [0.25, 0.3) is 6.36 Å². The Kier molecular flexibility index (Phi) is 6.94. The largest absolute Gasteiger partial charge is 0.523 e. The van der Waals surface area contributed by atoms with Crippen molar-refractivity contribution in [3.05, 3.63) is 0 Å². The van der Waals surface area contributed by atoms with Crippen molar-refractivity contribution < 1.29 is 61.2 Å². The molecule has 0 aliphatic carbocycles. The van der Waals surface area contributed by atoms with Crippen LogP contribution in [0.2, 0.25) is 0 Å². The fourth-order valence-electron chi connectivity index (χ4n) is 0.998. The lowest BCUT2D eigenvalue weighted by Gasteiger charge is -2.33. The Balaban J connectivity index is 5.46. The number of hydrogen-bond donors (Lipinski definition) is 0. The van der Waals surface area contributed by atoms with Crippen molar-refractivity contribution in [1.82, 2.24) is 0 Å². The van der Waals surface area contributed by atoms with E-state index in [0.717, 1.165) is 0 Å². The molecule has 0 rings (SSSR count). The van der Waals surface area contributed by atoms with Crippen LogP contribution in [0.4, 0.5) is 43.9 Å².